The minimum Gasteiger partial charge on any atom is -0.444 e. The molecule has 0 saturated heterocycles. The number of nitrogens with two attached hydrogens (primary N) is 1. The summed E-state index contributed by atoms with van der Waals surface area (Å²) in [6, 6.07) is 0. The van der Waals surface area contributed by atoms with Gasteiger partial charge in [0.25, 0.3) is 0 Å². The fourth-order valence-corrected chi connectivity index (χ4v) is 2.30. The van der Waals surface area contributed by atoms with Crippen LogP contribution in [0, 0.1) is 0 Å². The van der Waals surface area contributed by atoms with Gasteiger partial charge in [0.1, 0.15) is 11.3 Å². The largest absolute Gasteiger partial charge is 0.444 e. The molecule has 0 heterocycles. The van der Waals surface area contributed by atoms with Crippen molar-refractivity contribution >= 4 is 29.4 Å². The van der Waals surface area contributed by atoms with E-state index in [-0.39, 0.29) is 17.9 Å². The van der Waals surface area contributed by atoms with E-state index < -0.39 is 17.2 Å². The molecule has 0 unspecified atom stereocenters. The first kappa shape index (κ1) is 21.4. The van der Waals surface area contributed by atoms with Crippen LogP contribution in [-0.4, -0.2) is 41.7 Å². The summed E-state index contributed by atoms with van der Waals surface area (Å²) in [6.45, 7) is 10.6. The van der Waals surface area contributed by atoms with Gasteiger partial charge in [-0.3, -0.25) is 9.79 Å². The van der Waals surface area contributed by atoms with E-state index in [1.807, 2.05) is 0 Å². The Labute approximate surface area is 142 Å². The van der Waals surface area contributed by atoms with Gasteiger partial charge in [0.15, 0.2) is 5.78 Å². The van der Waals surface area contributed by atoms with Crippen LogP contribution in [0.15, 0.2) is 29.1 Å². The van der Waals surface area contributed by atoms with Crippen LogP contribution in [-0.2, 0) is 9.53 Å². The summed E-state index contributed by atoms with van der Waals surface area (Å²) in [7, 11) is 1.53. The average Bonchev–Trinajstić information content (AvgIpc) is 2.36. The predicted molar refractivity (Wildman–Crippen MR) is 96.7 cm³/mol. The quantitative estimate of drug-likeness (QED) is 0.306. The second-order valence-corrected chi connectivity index (χ2v) is 6.96. The molecule has 0 aromatic heterocycles. The lowest BCUT2D eigenvalue weighted by Crippen LogP contribution is -2.46. The number of alkyl carbamates (subject to hydrolysis) is 1. The van der Waals surface area contributed by atoms with Crippen LogP contribution >= 0.6 is 11.8 Å². The minimum atomic E-state index is -0.978. The third kappa shape index (κ3) is 9.20. The lowest BCUT2D eigenvalue weighted by atomic mass is 9.92. The Morgan fingerprint density at radius 2 is 1.96 bits per heavy atom. The van der Waals surface area contributed by atoms with Crippen LogP contribution in [0.1, 0.15) is 34.1 Å². The number of ketones is 1. The van der Waals surface area contributed by atoms with Gasteiger partial charge in [0.05, 0.1) is 11.4 Å². The molecule has 3 N–H and O–H groups in total. The SMILES string of the molecule is C=CCC(=O)C(=NC)[C@@](C)(N)/C=C/SCNC(=O)OC(C)(C)C. The molecule has 0 saturated carbocycles. The van der Waals surface area contributed by atoms with Gasteiger partial charge < -0.3 is 15.8 Å². The van der Waals surface area contributed by atoms with E-state index >= 15 is 0 Å². The number of amides is 1. The molecular weight excluding hydrogens is 314 g/mol. The number of ether oxygens (including phenoxy) is 1. The molecule has 0 aromatic rings. The summed E-state index contributed by atoms with van der Waals surface area (Å²) in [5.41, 5.74) is 4.91. The standard InChI is InChI=1S/C16H27N3O3S/c1-7-8-12(20)13(18-6)16(5,17)9-10-23-11-19-14(21)22-15(2,3)4/h7,9-10H,1,8,11,17H2,2-6H3,(H,19,21)/b10-9+,18-13?/t16-/m0/s1. The van der Waals surface area contributed by atoms with Crippen LogP contribution in [0.25, 0.3) is 0 Å². The molecule has 0 rings (SSSR count). The monoisotopic (exact) mass is 341 g/mol. The van der Waals surface area contributed by atoms with Crippen LogP contribution in [0.2, 0.25) is 0 Å². The number of hydrogen-bond donors (Lipinski definition) is 2. The van der Waals surface area contributed by atoms with Crippen molar-refractivity contribution in [2.75, 3.05) is 12.9 Å². The van der Waals surface area contributed by atoms with E-state index in [4.69, 9.17) is 10.5 Å². The van der Waals surface area contributed by atoms with Gasteiger partial charge in [0, 0.05) is 13.5 Å². The van der Waals surface area contributed by atoms with E-state index in [0.717, 1.165) is 0 Å². The van der Waals surface area contributed by atoms with Crippen molar-refractivity contribution in [1.29, 1.82) is 0 Å². The van der Waals surface area contributed by atoms with Crippen molar-refractivity contribution in [3.05, 3.63) is 24.1 Å². The van der Waals surface area contributed by atoms with Crippen molar-refractivity contribution in [1.82, 2.24) is 5.32 Å². The first-order valence-electron chi connectivity index (χ1n) is 7.20. The molecule has 0 aliphatic carbocycles. The van der Waals surface area contributed by atoms with Crippen LogP contribution in [0.4, 0.5) is 4.79 Å². The molecule has 0 aromatic carbocycles. The maximum atomic E-state index is 11.9. The van der Waals surface area contributed by atoms with Crippen LogP contribution in [0.3, 0.4) is 0 Å². The van der Waals surface area contributed by atoms with Gasteiger partial charge in [-0.25, -0.2) is 4.79 Å². The average molecular weight is 341 g/mol. The Morgan fingerprint density at radius 1 is 1.35 bits per heavy atom. The number of nitrogens with one attached hydrogen (secondary N) is 1. The number of aliphatic imine (C=N–C) groups is 1. The van der Waals surface area contributed by atoms with Gasteiger partial charge >= 0.3 is 6.09 Å². The van der Waals surface area contributed by atoms with E-state index in [9.17, 15) is 9.59 Å². The van der Waals surface area contributed by atoms with Gasteiger partial charge in [0.2, 0.25) is 0 Å². The predicted octanol–water partition coefficient (Wildman–Crippen LogP) is 2.65. The van der Waals surface area contributed by atoms with Gasteiger partial charge in [-0.2, -0.15) is 0 Å². The van der Waals surface area contributed by atoms with Gasteiger partial charge in [-0.05, 0) is 33.1 Å². The topological polar surface area (TPSA) is 93.8 Å². The fourth-order valence-electron chi connectivity index (χ4n) is 1.63. The maximum Gasteiger partial charge on any atom is 0.408 e. The summed E-state index contributed by atoms with van der Waals surface area (Å²) >= 11 is 1.33. The van der Waals surface area contributed by atoms with E-state index in [2.05, 4.69) is 16.9 Å². The van der Waals surface area contributed by atoms with E-state index in [1.54, 1.807) is 39.2 Å². The number of carbonyl (C=O) groups is 2. The molecule has 0 aliphatic rings. The second-order valence-electron chi connectivity index (χ2n) is 6.06. The highest BCUT2D eigenvalue weighted by Gasteiger charge is 2.27. The Bertz CT molecular complexity index is 491. The number of rotatable bonds is 8. The molecule has 0 bridgehead atoms. The van der Waals surface area contributed by atoms with Crippen molar-refractivity contribution in [2.45, 2.75) is 45.3 Å². The molecule has 1 atom stereocenters. The normalized spacial score (nSPS) is 15.1. The zero-order chi connectivity index (χ0) is 18.1. The number of Topliss-reactive ketones (excluding diaryl/α,β-unsaturated/α-hetero) is 1. The smallest absolute Gasteiger partial charge is 0.408 e. The minimum absolute atomic E-state index is 0.158. The first-order valence-corrected chi connectivity index (χ1v) is 8.24. The summed E-state index contributed by atoms with van der Waals surface area (Å²) in [4.78, 5) is 27.4. The molecule has 130 valence electrons. The Hall–Kier alpha value is -1.60. The van der Waals surface area contributed by atoms with Crippen molar-refractivity contribution in [2.24, 2.45) is 10.7 Å². The van der Waals surface area contributed by atoms with Crippen molar-refractivity contribution in [3.8, 4) is 0 Å². The highest BCUT2D eigenvalue weighted by molar-refractivity contribution is 8.02. The number of allylic oxidation sites excluding steroid dienone is 1. The van der Waals surface area contributed by atoms with Crippen molar-refractivity contribution < 1.29 is 14.3 Å². The molecule has 1 amide bonds. The Balaban J connectivity index is 4.46. The van der Waals surface area contributed by atoms with E-state index in [0.29, 0.717) is 5.88 Å². The van der Waals surface area contributed by atoms with Crippen LogP contribution in [0.5, 0.6) is 0 Å². The molecule has 6 nitrogen and oxygen atoms in total. The second kappa shape index (κ2) is 9.52. The lowest BCUT2D eigenvalue weighted by molar-refractivity contribution is -0.112. The highest BCUT2D eigenvalue weighted by Crippen LogP contribution is 2.12. The third-order valence-corrected chi connectivity index (χ3v) is 3.18. The van der Waals surface area contributed by atoms with Gasteiger partial charge in [-0.15, -0.1) is 18.3 Å². The number of nitrogens with zero attached hydrogens (tertiary/aromatic N) is 1. The number of hydrogen-bond acceptors (Lipinski definition) is 6. The summed E-state index contributed by atoms with van der Waals surface area (Å²) in [6.07, 6.45) is 2.91. The summed E-state index contributed by atoms with van der Waals surface area (Å²) in [5, 5.41) is 4.34. The fraction of sp³-hybridized carbons (Fsp3) is 0.562. The molecule has 23 heavy (non-hydrogen) atoms. The van der Waals surface area contributed by atoms with Crippen molar-refractivity contribution in [3.63, 3.8) is 0 Å². The Morgan fingerprint density at radius 3 is 2.43 bits per heavy atom. The molecule has 0 spiro atoms. The third-order valence-electron chi connectivity index (χ3n) is 2.54. The summed E-state index contributed by atoms with van der Waals surface area (Å²) in [5.74, 6) is 0.176. The first-order chi connectivity index (χ1) is 10.5. The maximum absolute atomic E-state index is 11.9. The molecule has 0 radical (unpaired) electrons. The zero-order valence-electron chi connectivity index (χ0n) is 14.5. The molecule has 0 fully saturated rings. The Kier molecular flexibility index (Phi) is 8.86. The molecule has 0 aliphatic heterocycles. The molecular formula is C16H27N3O3S. The summed E-state index contributed by atoms with van der Waals surface area (Å²) < 4.78 is 5.11. The number of thioether (sulfide) groups is 1. The zero-order valence-corrected chi connectivity index (χ0v) is 15.3. The van der Waals surface area contributed by atoms with E-state index in [1.165, 1.54) is 24.9 Å². The van der Waals surface area contributed by atoms with Gasteiger partial charge in [-0.1, -0.05) is 12.2 Å². The number of carbonyl (C=O) groups excluding carboxylic acids is 2. The lowest BCUT2D eigenvalue weighted by Gasteiger charge is -2.21. The highest BCUT2D eigenvalue weighted by atomic mass is 32.2. The van der Waals surface area contributed by atoms with Crippen LogP contribution < -0.4 is 11.1 Å². The molecule has 7 heteroatoms.